The molecule has 1 heterocycles. The summed E-state index contributed by atoms with van der Waals surface area (Å²) in [7, 11) is 1.65. The zero-order valence-corrected chi connectivity index (χ0v) is 20.0. The first kappa shape index (κ1) is 23.0. The second-order valence-corrected chi connectivity index (χ2v) is 10.0. The van der Waals surface area contributed by atoms with Gasteiger partial charge in [0.25, 0.3) is 0 Å². The average Bonchev–Trinajstić information content (AvgIpc) is 3.55. The maximum Gasteiger partial charge on any atom is 0.140 e. The molecule has 1 aromatic heterocycles. The third-order valence-corrected chi connectivity index (χ3v) is 7.91. The van der Waals surface area contributed by atoms with E-state index < -0.39 is 0 Å². The summed E-state index contributed by atoms with van der Waals surface area (Å²) in [6.45, 7) is 2.85. The highest BCUT2D eigenvalue weighted by Crippen LogP contribution is 2.63. The van der Waals surface area contributed by atoms with Gasteiger partial charge in [0.2, 0.25) is 0 Å². The summed E-state index contributed by atoms with van der Waals surface area (Å²) in [5.41, 5.74) is 3.93. The van der Waals surface area contributed by atoms with Gasteiger partial charge in [-0.3, -0.25) is 9.78 Å². The highest BCUT2D eigenvalue weighted by Gasteiger charge is 2.57. The Morgan fingerprint density at radius 3 is 2.62 bits per heavy atom. The van der Waals surface area contributed by atoms with E-state index in [1.165, 1.54) is 5.56 Å². The summed E-state index contributed by atoms with van der Waals surface area (Å²) in [5, 5.41) is 0.935. The van der Waals surface area contributed by atoms with E-state index in [1.807, 2.05) is 36.5 Å². The molecule has 0 radical (unpaired) electrons. The summed E-state index contributed by atoms with van der Waals surface area (Å²) < 4.78 is 24.9. The lowest BCUT2D eigenvalue weighted by molar-refractivity contribution is -0.120. The summed E-state index contributed by atoms with van der Waals surface area (Å²) in [5.74, 6) is 1.57. The number of fused-ring (bicyclic) bond motifs is 1. The van der Waals surface area contributed by atoms with Crippen molar-refractivity contribution in [3.8, 4) is 5.75 Å². The van der Waals surface area contributed by atoms with Crippen LogP contribution in [0.3, 0.4) is 0 Å². The van der Waals surface area contributed by atoms with E-state index in [0.717, 1.165) is 54.3 Å². The quantitative estimate of drug-likeness (QED) is 0.376. The van der Waals surface area contributed by atoms with Crippen LogP contribution in [0.5, 0.6) is 5.75 Å². The fourth-order valence-corrected chi connectivity index (χ4v) is 5.78. The predicted octanol–water partition coefficient (Wildman–Crippen LogP) is 6.18. The highest BCUT2D eigenvalue weighted by atomic mass is 19.1. The van der Waals surface area contributed by atoms with Crippen LogP contribution in [0.1, 0.15) is 54.7 Å². The van der Waals surface area contributed by atoms with Crippen LogP contribution in [0.2, 0.25) is 0 Å². The van der Waals surface area contributed by atoms with Crippen molar-refractivity contribution < 1.29 is 18.7 Å². The molecule has 2 fully saturated rings. The summed E-state index contributed by atoms with van der Waals surface area (Å²) in [6.07, 6.45) is 7.58. The van der Waals surface area contributed by atoms with Gasteiger partial charge in [-0.2, -0.15) is 0 Å². The number of ether oxygens (including phenoxy) is 2. The van der Waals surface area contributed by atoms with Gasteiger partial charge in [0.15, 0.2) is 0 Å². The van der Waals surface area contributed by atoms with Crippen LogP contribution in [-0.2, 0) is 16.0 Å². The molecule has 0 bridgehead atoms. The number of Topliss-reactive ketones (excluding diaryl/α,β-unsaturated/α-hetero) is 1. The smallest absolute Gasteiger partial charge is 0.140 e. The van der Waals surface area contributed by atoms with E-state index in [2.05, 4.69) is 11.1 Å². The number of carbonyl (C=O) groups is 1. The number of benzene rings is 2. The number of halogens is 1. The molecule has 34 heavy (non-hydrogen) atoms. The van der Waals surface area contributed by atoms with E-state index >= 15 is 0 Å². The molecule has 178 valence electrons. The Kier molecular flexibility index (Phi) is 6.39. The van der Waals surface area contributed by atoms with Crippen molar-refractivity contribution in [3.63, 3.8) is 0 Å². The fraction of sp³-hybridized carbons (Fsp3) is 0.448. The monoisotopic (exact) mass is 461 g/mol. The minimum absolute atomic E-state index is 0.170. The zero-order chi connectivity index (χ0) is 23.7. The van der Waals surface area contributed by atoms with Crippen LogP contribution in [0.25, 0.3) is 10.9 Å². The summed E-state index contributed by atoms with van der Waals surface area (Å²) >= 11 is 0. The first-order valence-corrected chi connectivity index (χ1v) is 12.3. The van der Waals surface area contributed by atoms with Gasteiger partial charge in [-0.05, 0) is 97.4 Å². The Hall–Kier alpha value is -2.79. The van der Waals surface area contributed by atoms with Gasteiger partial charge in [-0.1, -0.05) is 12.1 Å². The Balaban J connectivity index is 1.19. The number of hydrogen-bond donors (Lipinski definition) is 0. The molecule has 2 aliphatic rings. The second-order valence-electron chi connectivity index (χ2n) is 10.0. The number of rotatable bonds is 8. The SMILES string of the molecule is COCCOc1ccc(CC(=O)C2CC23CCC(c2ccnc4cc(C)c(F)cc24)CC3)cc1. The first-order chi connectivity index (χ1) is 16.5. The molecule has 0 amide bonds. The molecule has 2 aromatic carbocycles. The number of nitrogens with zero attached hydrogens (tertiary/aromatic N) is 1. The molecule has 1 unspecified atom stereocenters. The zero-order valence-electron chi connectivity index (χ0n) is 20.0. The van der Waals surface area contributed by atoms with Gasteiger partial charge < -0.3 is 9.47 Å². The number of pyridine rings is 1. The Morgan fingerprint density at radius 1 is 1.12 bits per heavy atom. The fourth-order valence-electron chi connectivity index (χ4n) is 5.78. The standard InChI is InChI=1S/C29H32FNO3/c1-19-15-27-24(17-26(19)30)23(9-12-31-27)21-7-10-29(11-8-21)18-25(29)28(32)16-20-3-5-22(6-4-20)34-14-13-33-2/h3-6,9,12,15,17,21,25H,7-8,10-11,13-14,16,18H2,1-2H3. The Labute approximate surface area is 200 Å². The van der Waals surface area contributed by atoms with Crippen LogP contribution < -0.4 is 4.74 Å². The molecule has 0 saturated heterocycles. The number of carbonyl (C=O) groups excluding carboxylic acids is 1. The van der Waals surface area contributed by atoms with Crippen molar-refractivity contribution in [3.05, 3.63) is 71.2 Å². The predicted molar refractivity (Wildman–Crippen MR) is 131 cm³/mol. The molecular formula is C29H32FNO3. The number of methoxy groups -OCH3 is 1. The summed E-state index contributed by atoms with van der Waals surface area (Å²) in [4.78, 5) is 17.5. The number of ketones is 1. The third kappa shape index (κ3) is 4.58. The normalized spacial score (nSPS) is 23.9. The highest BCUT2D eigenvalue weighted by molar-refractivity contribution is 5.87. The topological polar surface area (TPSA) is 48.4 Å². The van der Waals surface area contributed by atoms with Crippen molar-refractivity contribution >= 4 is 16.7 Å². The molecule has 5 rings (SSSR count). The molecule has 0 N–H and O–H groups in total. The van der Waals surface area contributed by atoms with Gasteiger partial charge in [-0.25, -0.2) is 4.39 Å². The third-order valence-electron chi connectivity index (χ3n) is 7.91. The van der Waals surface area contributed by atoms with E-state index in [-0.39, 0.29) is 17.2 Å². The van der Waals surface area contributed by atoms with E-state index in [0.29, 0.717) is 36.9 Å². The van der Waals surface area contributed by atoms with Crippen LogP contribution in [0.4, 0.5) is 4.39 Å². The molecule has 2 saturated carbocycles. The number of hydrogen-bond acceptors (Lipinski definition) is 4. The first-order valence-electron chi connectivity index (χ1n) is 12.3. The van der Waals surface area contributed by atoms with Crippen molar-refractivity contribution in [2.24, 2.45) is 11.3 Å². The molecular weight excluding hydrogens is 429 g/mol. The van der Waals surface area contributed by atoms with Crippen LogP contribution in [-0.4, -0.2) is 31.1 Å². The van der Waals surface area contributed by atoms with Crippen molar-refractivity contribution in [2.75, 3.05) is 20.3 Å². The van der Waals surface area contributed by atoms with E-state index in [4.69, 9.17) is 9.47 Å². The number of aryl methyl sites for hydroxylation is 1. The largest absolute Gasteiger partial charge is 0.491 e. The van der Waals surface area contributed by atoms with E-state index in [1.54, 1.807) is 20.1 Å². The molecule has 5 heteroatoms. The maximum atomic E-state index is 14.3. The molecule has 3 aromatic rings. The van der Waals surface area contributed by atoms with Gasteiger partial charge >= 0.3 is 0 Å². The second kappa shape index (κ2) is 9.46. The molecule has 1 atom stereocenters. The molecule has 2 aliphatic carbocycles. The van der Waals surface area contributed by atoms with Crippen molar-refractivity contribution in [2.45, 2.75) is 51.4 Å². The number of aromatic nitrogens is 1. The van der Waals surface area contributed by atoms with Gasteiger partial charge in [0.1, 0.15) is 24.0 Å². The Morgan fingerprint density at radius 2 is 1.88 bits per heavy atom. The average molecular weight is 462 g/mol. The molecule has 1 spiro atoms. The Bertz CT molecular complexity index is 1180. The summed E-state index contributed by atoms with van der Waals surface area (Å²) in [6, 6.07) is 13.4. The van der Waals surface area contributed by atoms with Gasteiger partial charge in [-0.15, -0.1) is 0 Å². The van der Waals surface area contributed by atoms with Crippen LogP contribution in [0.15, 0.2) is 48.7 Å². The minimum atomic E-state index is -0.170. The van der Waals surface area contributed by atoms with E-state index in [9.17, 15) is 9.18 Å². The molecule has 4 nitrogen and oxygen atoms in total. The lowest BCUT2D eigenvalue weighted by atomic mass is 9.74. The molecule has 0 aliphatic heterocycles. The lowest BCUT2D eigenvalue weighted by Crippen LogP contribution is -2.20. The van der Waals surface area contributed by atoms with Gasteiger partial charge in [0, 0.05) is 31.0 Å². The van der Waals surface area contributed by atoms with Crippen LogP contribution in [0, 0.1) is 24.1 Å². The lowest BCUT2D eigenvalue weighted by Gasteiger charge is -2.30. The maximum absolute atomic E-state index is 14.3. The van der Waals surface area contributed by atoms with Crippen LogP contribution >= 0.6 is 0 Å². The minimum Gasteiger partial charge on any atom is -0.491 e. The van der Waals surface area contributed by atoms with Crippen molar-refractivity contribution in [1.29, 1.82) is 0 Å². The van der Waals surface area contributed by atoms with Crippen molar-refractivity contribution in [1.82, 2.24) is 4.98 Å². The van der Waals surface area contributed by atoms with Gasteiger partial charge in [0.05, 0.1) is 12.1 Å².